The first-order valence-corrected chi connectivity index (χ1v) is 5.81. The maximum atomic E-state index is 11.2. The summed E-state index contributed by atoms with van der Waals surface area (Å²) in [5.41, 5.74) is 2.97. The molecule has 2 N–H and O–H groups in total. The predicted octanol–water partition coefficient (Wildman–Crippen LogP) is 0.486. The molecule has 0 radical (unpaired) electrons. The van der Waals surface area contributed by atoms with Crippen LogP contribution in [0.3, 0.4) is 0 Å². The highest BCUT2D eigenvalue weighted by molar-refractivity contribution is 7.07. The molecule has 17 heavy (non-hydrogen) atoms. The van der Waals surface area contributed by atoms with Crippen LogP contribution in [0.2, 0.25) is 0 Å². The molecule has 8 heteroatoms. The van der Waals surface area contributed by atoms with E-state index in [-0.39, 0.29) is 5.69 Å². The summed E-state index contributed by atoms with van der Waals surface area (Å²) >= 11 is 1.55. The van der Waals surface area contributed by atoms with Crippen LogP contribution in [0.15, 0.2) is 28.1 Å². The van der Waals surface area contributed by atoms with Crippen molar-refractivity contribution in [1.29, 1.82) is 0 Å². The molecule has 0 fully saturated rings. The molecule has 3 rings (SSSR count). The number of fused-ring (bicyclic) bond motifs is 1. The normalized spacial score (nSPS) is 10.8. The van der Waals surface area contributed by atoms with E-state index < -0.39 is 0 Å². The molecule has 0 unspecified atom stereocenters. The molecule has 7 nitrogen and oxygen atoms in total. The van der Waals surface area contributed by atoms with Crippen molar-refractivity contribution in [2.75, 3.05) is 5.32 Å². The van der Waals surface area contributed by atoms with Gasteiger partial charge in [0.15, 0.2) is 5.65 Å². The second kappa shape index (κ2) is 3.98. The molecule has 0 bridgehead atoms. The van der Waals surface area contributed by atoms with Gasteiger partial charge in [0.1, 0.15) is 12.1 Å². The Balaban J connectivity index is 1.83. The number of hydrogen-bond acceptors (Lipinski definition) is 6. The maximum Gasteiger partial charge on any atom is 0.348 e. The minimum atomic E-state index is -0.293. The number of anilines is 1. The van der Waals surface area contributed by atoms with Crippen molar-refractivity contribution in [3.05, 3.63) is 39.5 Å². The molecule has 0 aromatic carbocycles. The molecule has 3 aromatic heterocycles. The van der Waals surface area contributed by atoms with E-state index in [2.05, 4.69) is 25.5 Å². The summed E-state index contributed by atoms with van der Waals surface area (Å²) in [6.07, 6.45) is 1.44. The average molecular weight is 248 g/mol. The number of aromatic amines is 1. The maximum absolute atomic E-state index is 11.2. The Bertz CT molecular complexity index is 685. The number of H-pyrrole nitrogens is 1. The van der Waals surface area contributed by atoms with Gasteiger partial charge in [-0.15, -0.1) is 11.3 Å². The molecular weight excluding hydrogens is 240 g/mol. The third kappa shape index (κ3) is 1.89. The van der Waals surface area contributed by atoms with Crippen molar-refractivity contribution in [1.82, 2.24) is 24.6 Å². The third-order valence-corrected chi connectivity index (χ3v) is 2.88. The van der Waals surface area contributed by atoms with E-state index in [1.165, 1.54) is 10.7 Å². The number of nitrogens with one attached hydrogen (secondary N) is 2. The molecule has 0 amide bonds. The molecule has 3 aromatic rings. The van der Waals surface area contributed by atoms with Gasteiger partial charge in [-0.25, -0.2) is 24.3 Å². The second-order valence-corrected chi connectivity index (χ2v) is 4.08. The van der Waals surface area contributed by atoms with E-state index in [0.717, 1.165) is 5.69 Å². The summed E-state index contributed by atoms with van der Waals surface area (Å²) in [7, 11) is 0. The molecule has 0 spiro atoms. The fraction of sp³-hybridized carbons (Fsp3) is 0.111. The van der Waals surface area contributed by atoms with E-state index in [1.54, 1.807) is 22.9 Å². The number of rotatable bonds is 3. The van der Waals surface area contributed by atoms with E-state index in [4.69, 9.17) is 0 Å². The van der Waals surface area contributed by atoms with Crippen LogP contribution < -0.4 is 11.0 Å². The van der Waals surface area contributed by atoms with Gasteiger partial charge in [-0.2, -0.15) is 5.10 Å². The van der Waals surface area contributed by atoms with Crippen LogP contribution in [0.4, 0.5) is 5.82 Å². The van der Waals surface area contributed by atoms with E-state index in [1.807, 2.05) is 5.38 Å². The van der Waals surface area contributed by atoms with Crippen molar-refractivity contribution >= 4 is 22.8 Å². The van der Waals surface area contributed by atoms with Gasteiger partial charge in [-0.3, -0.25) is 0 Å². The Hall–Kier alpha value is -2.22. The lowest BCUT2D eigenvalue weighted by Crippen LogP contribution is -2.10. The first-order chi connectivity index (χ1) is 8.33. The SMILES string of the molecule is O=c1[nH]nc2cc(NCc3cscn3)ncn12. The van der Waals surface area contributed by atoms with Crippen LogP contribution in [0, 0.1) is 0 Å². The van der Waals surface area contributed by atoms with Crippen LogP contribution in [0.5, 0.6) is 0 Å². The van der Waals surface area contributed by atoms with Crippen molar-refractivity contribution in [3.63, 3.8) is 0 Å². The van der Waals surface area contributed by atoms with Gasteiger partial charge in [0, 0.05) is 11.4 Å². The first kappa shape index (κ1) is 9.97. The monoisotopic (exact) mass is 248 g/mol. The van der Waals surface area contributed by atoms with Gasteiger partial charge < -0.3 is 5.32 Å². The number of hydrogen-bond donors (Lipinski definition) is 2. The molecule has 0 aliphatic rings. The lowest BCUT2D eigenvalue weighted by atomic mass is 10.4. The van der Waals surface area contributed by atoms with Gasteiger partial charge >= 0.3 is 5.69 Å². The smallest absolute Gasteiger partial charge is 0.348 e. The summed E-state index contributed by atoms with van der Waals surface area (Å²) in [6, 6.07) is 1.70. The van der Waals surface area contributed by atoms with Gasteiger partial charge in [0.25, 0.3) is 0 Å². The van der Waals surface area contributed by atoms with Crippen LogP contribution in [0.25, 0.3) is 5.65 Å². The Morgan fingerprint density at radius 3 is 3.24 bits per heavy atom. The standard InChI is InChI=1S/C9H8N6OS/c16-9-14-13-8-1-7(11-4-15(8)9)10-2-6-3-17-5-12-6/h1,3-5,10H,2H2,(H,14,16). The molecule has 86 valence electrons. The van der Waals surface area contributed by atoms with Crippen molar-refractivity contribution in [2.45, 2.75) is 6.54 Å². The first-order valence-electron chi connectivity index (χ1n) is 4.86. The quantitative estimate of drug-likeness (QED) is 0.704. The summed E-state index contributed by atoms with van der Waals surface area (Å²) in [6.45, 7) is 0.599. The van der Waals surface area contributed by atoms with Crippen LogP contribution >= 0.6 is 11.3 Å². The van der Waals surface area contributed by atoms with Crippen molar-refractivity contribution in [2.24, 2.45) is 0 Å². The average Bonchev–Trinajstić information content (AvgIpc) is 2.97. The number of thiazole rings is 1. The van der Waals surface area contributed by atoms with Crippen LogP contribution in [-0.2, 0) is 6.54 Å². The largest absolute Gasteiger partial charge is 0.364 e. The molecule has 0 atom stereocenters. The minimum absolute atomic E-state index is 0.293. The highest BCUT2D eigenvalue weighted by Crippen LogP contribution is 2.07. The van der Waals surface area contributed by atoms with E-state index in [0.29, 0.717) is 18.0 Å². The number of nitrogens with zero attached hydrogens (tertiary/aromatic N) is 4. The summed E-state index contributed by atoms with van der Waals surface area (Å²) in [5.74, 6) is 0.657. The summed E-state index contributed by atoms with van der Waals surface area (Å²) in [4.78, 5) is 19.5. The van der Waals surface area contributed by atoms with Gasteiger partial charge in [-0.1, -0.05) is 0 Å². The highest BCUT2D eigenvalue weighted by Gasteiger charge is 2.02. The van der Waals surface area contributed by atoms with Crippen LogP contribution in [0.1, 0.15) is 5.69 Å². The minimum Gasteiger partial charge on any atom is -0.364 e. The Kier molecular flexibility index (Phi) is 2.33. The summed E-state index contributed by atoms with van der Waals surface area (Å²) < 4.78 is 1.34. The molecule has 0 saturated heterocycles. The van der Waals surface area contributed by atoms with Crippen molar-refractivity contribution < 1.29 is 0 Å². The van der Waals surface area contributed by atoms with Gasteiger partial charge in [0.05, 0.1) is 17.7 Å². The molecular formula is C9H8N6OS. The third-order valence-electron chi connectivity index (χ3n) is 2.24. The second-order valence-electron chi connectivity index (χ2n) is 3.36. The lowest BCUT2D eigenvalue weighted by Gasteiger charge is -2.02. The van der Waals surface area contributed by atoms with E-state index in [9.17, 15) is 4.79 Å². The molecule has 0 aliphatic carbocycles. The summed E-state index contributed by atoms with van der Waals surface area (Å²) in [5, 5.41) is 11.3. The predicted molar refractivity (Wildman–Crippen MR) is 63.0 cm³/mol. The molecule has 0 saturated carbocycles. The lowest BCUT2D eigenvalue weighted by molar-refractivity contribution is 0.986. The van der Waals surface area contributed by atoms with Gasteiger partial charge in [-0.05, 0) is 0 Å². The fourth-order valence-corrected chi connectivity index (χ4v) is 1.97. The molecule has 3 heterocycles. The zero-order chi connectivity index (χ0) is 11.7. The van der Waals surface area contributed by atoms with E-state index >= 15 is 0 Å². The Morgan fingerprint density at radius 1 is 1.47 bits per heavy atom. The van der Waals surface area contributed by atoms with Crippen LogP contribution in [-0.4, -0.2) is 24.6 Å². The Labute approximate surface area is 99.2 Å². The highest BCUT2D eigenvalue weighted by atomic mass is 32.1. The zero-order valence-electron chi connectivity index (χ0n) is 8.62. The fourth-order valence-electron chi connectivity index (χ4n) is 1.41. The Morgan fingerprint density at radius 2 is 2.41 bits per heavy atom. The molecule has 0 aliphatic heterocycles. The number of aromatic nitrogens is 5. The topological polar surface area (TPSA) is 88.0 Å². The zero-order valence-corrected chi connectivity index (χ0v) is 9.44. The van der Waals surface area contributed by atoms with Crippen molar-refractivity contribution in [3.8, 4) is 0 Å². The van der Waals surface area contributed by atoms with Gasteiger partial charge in [0.2, 0.25) is 0 Å².